The Morgan fingerprint density at radius 3 is 2.42 bits per heavy atom. The van der Waals surface area contributed by atoms with E-state index in [1.54, 1.807) is 29.2 Å². The van der Waals surface area contributed by atoms with E-state index >= 15 is 0 Å². The molecule has 2 aromatic carbocycles. The lowest BCUT2D eigenvalue weighted by Gasteiger charge is -2.09. The van der Waals surface area contributed by atoms with Crippen molar-refractivity contribution in [2.45, 2.75) is 6.54 Å². The molecule has 26 heavy (non-hydrogen) atoms. The number of hydrogen-bond acceptors (Lipinski definition) is 5. The molecule has 0 unspecified atom stereocenters. The van der Waals surface area contributed by atoms with E-state index in [9.17, 15) is 0 Å². The minimum absolute atomic E-state index is 0.332. The van der Waals surface area contributed by atoms with Crippen LogP contribution in [0.3, 0.4) is 0 Å². The van der Waals surface area contributed by atoms with Gasteiger partial charge in [0, 0.05) is 10.6 Å². The minimum Gasteiger partial charge on any atom is -0.457 e. The van der Waals surface area contributed by atoms with Gasteiger partial charge in [-0.05, 0) is 48.5 Å². The van der Waals surface area contributed by atoms with E-state index < -0.39 is 0 Å². The highest BCUT2D eigenvalue weighted by Gasteiger charge is 2.08. The topological polar surface area (TPSA) is 61.5 Å². The summed E-state index contributed by atoms with van der Waals surface area (Å²) < 4.78 is 7.48. The van der Waals surface area contributed by atoms with Crippen molar-refractivity contribution >= 4 is 17.3 Å². The number of nitrogens with zero attached hydrogens (tertiary/aromatic N) is 4. The fourth-order valence-electron chi connectivity index (χ4n) is 2.16. The first-order valence-electron chi connectivity index (χ1n) is 7.90. The van der Waals surface area contributed by atoms with Crippen LogP contribution in [0.4, 0.5) is 0 Å². The summed E-state index contributed by atoms with van der Waals surface area (Å²) >= 11 is 5.88. The van der Waals surface area contributed by atoms with Crippen LogP contribution in [0.5, 0.6) is 11.5 Å². The SMILES string of the molecule is C=CCON=C(Cn1cncn1)c1ccc(Oc2ccc(Cl)cc2)cc1. The van der Waals surface area contributed by atoms with Gasteiger partial charge in [-0.25, -0.2) is 9.67 Å². The number of rotatable bonds is 8. The third kappa shape index (κ3) is 4.94. The lowest BCUT2D eigenvalue weighted by atomic mass is 10.1. The predicted molar refractivity (Wildman–Crippen MR) is 101 cm³/mol. The van der Waals surface area contributed by atoms with Gasteiger partial charge in [0.15, 0.2) is 0 Å². The summed E-state index contributed by atoms with van der Waals surface area (Å²) in [5, 5.41) is 8.95. The average molecular weight is 369 g/mol. The first kappa shape index (κ1) is 17.7. The molecule has 0 atom stereocenters. The summed E-state index contributed by atoms with van der Waals surface area (Å²) in [6, 6.07) is 14.8. The lowest BCUT2D eigenvalue weighted by Crippen LogP contribution is -2.13. The maximum atomic E-state index is 5.88. The molecular weight excluding hydrogens is 352 g/mol. The smallest absolute Gasteiger partial charge is 0.137 e. The standard InChI is InChI=1S/C19H17ClN4O2/c1-2-11-25-23-19(12-24-14-21-13-22-24)15-3-7-17(8-4-15)26-18-9-5-16(20)6-10-18/h2-10,13-14H,1,11-12H2. The normalized spacial score (nSPS) is 11.2. The van der Waals surface area contributed by atoms with Gasteiger partial charge in [-0.2, -0.15) is 5.10 Å². The number of hydrogen-bond donors (Lipinski definition) is 0. The molecule has 0 bridgehead atoms. The van der Waals surface area contributed by atoms with Crippen molar-refractivity contribution in [3.63, 3.8) is 0 Å². The molecule has 0 saturated carbocycles. The zero-order valence-electron chi connectivity index (χ0n) is 14.0. The Morgan fingerprint density at radius 2 is 1.81 bits per heavy atom. The van der Waals surface area contributed by atoms with Crippen molar-refractivity contribution in [2.75, 3.05) is 6.61 Å². The van der Waals surface area contributed by atoms with E-state index in [0.717, 1.165) is 11.3 Å². The number of aromatic nitrogens is 3. The maximum Gasteiger partial charge on any atom is 0.137 e. The molecule has 132 valence electrons. The molecule has 0 aliphatic heterocycles. The van der Waals surface area contributed by atoms with Crippen LogP contribution in [-0.4, -0.2) is 27.1 Å². The quantitative estimate of drug-likeness (QED) is 0.257. The third-order valence-corrected chi connectivity index (χ3v) is 3.63. The van der Waals surface area contributed by atoms with E-state index in [0.29, 0.717) is 29.7 Å². The van der Waals surface area contributed by atoms with E-state index in [1.165, 1.54) is 6.33 Å². The number of benzene rings is 2. The van der Waals surface area contributed by atoms with Crippen LogP contribution in [0.25, 0.3) is 0 Å². The second-order valence-corrected chi connectivity index (χ2v) is 5.73. The van der Waals surface area contributed by atoms with Gasteiger partial charge in [0.05, 0.1) is 6.54 Å². The highest BCUT2D eigenvalue weighted by molar-refractivity contribution is 6.30. The minimum atomic E-state index is 0.332. The van der Waals surface area contributed by atoms with Gasteiger partial charge < -0.3 is 9.57 Å². The molecule has 0 amide bonds. The summed E-state index contributed by atoms with van der Waals surface area (Å²) in [7, 11) is 0. The Morgan fingerprint density at radius 1 is 1.12 bits per heavy atom. The van der Waals surface area contributed by atoms with E-state index in [-0.39, 0.29) is 0 Å². The molecule has 0 N–H and O–H groups in total. The summed E-state index contributed by atoms with van der Waals surface area (Å²) in [5.74, 6) is 1.43. The molecule has 0 saturated heterocycles. The maximum absolute atomic E-state index is 5.88. The second kappa shape index (κ2) is 8.82. The number of oxime groups is 1. The molecule has 6 nitrogen and oxygen atoms in total. The van der Waals surface area contributed by atoms with Crippen LogP contribution >= 0.6 is 11.6 Å². The van der Waals surface area contributed by atoms with Crippen LogP contribution < -0.4 is 4.74 Å². The fraction of sp³-hybridized carbons (Fsp3) is 0.105. The first-order chi connectivity index (χ1) is 12.7. The lowest BCUT2D eigenvalue weighted by molar-refractivity contribution is 0.174. The van der Waals surface area contributed by atoms with E-state index in [2.05, 4.69) is 21.8 Å². The van der Waals surface area contributed by atoms with Crippen LogP contribution in [0.1, 0.15) is 5.56 Å². The Bertz CT molecular complexity index is 860. The Balaban J connectivity index is 1.75. The summed E-state index contributed by atoms with van der Waals surface area (Å²) in [5.41, 5.74) is 1.61. The molecular formula is C19H17ClN4O2. The molecule has 1 heterocycles. The van der Waals surface area contributed by atoms with Gasteiger partial charge in [-0.1, -0.05) is 29.4 Å². The second-order valence-electron chi connectivity index (χ2n) is 5.30. The van der Waals surface area contributed by atoms with Gasteiger partial charge in [0.25, 0.3) is 0 Å². The molecule has 0 spiro atoms. The van der Waals surface area contributed by atoms with Crippen LogP contribution in [0.2, 0.25) is 5.02 Å². The number of ether oxygens (including phenoxy) is 1. The Hall–Kier alpha value is -3.12. The molecule has 0 aliphatic rings. The molecule has 3 aromatic rings. The summed E-state index contributed by atoms with van der Waals surface area (Å²) in [6.07, 6.45) is 4.74. The van der Waals surface area contributed by atoms with Gasteiger partial charge >= 0.3 is 0 Å². The van der Waals surface area contributed by atoms with Crippen molar-refractivity contribution in [3.8, 4) is 11.5 Å². The average Bonchev–Trinajstić information content (AvgIpc) is 3.17. The van der Waals surface area contributed by atoms with Gasteiger partial charge in [0.2, 0.25) is 0 Å². The van der Waals surface area contributed by atoms with Crippen molar-refractivity contribution in [1.82, 2.24) is 14.8 Å². The van der Waals surface area contributed by atoms with Crippen molar-refractivity contribution in [2.24, 2.45) is 5.16 Å². The first-order valence-corrected chi connectivity index (χ1v) is 8.28. The van der Waals surface area contributed by atoms with E-state index in [4.69, 9.17) is 21.2 Å². The molecule has 0 fully saturated rings. The van der Waals surface area contributed by atoms with Gasteiger partial charge in [-0.15, -0.1) is 0 Å². The zero-order valence-corrected chi connectivity index (χ0v) is 14.7. The summed E-state index contributed by atoms with van der Waals surface area (Å²) in [6.45, 7) is 4.39. The highest BCUT2D eigenvalue weighted by Crippen LogP contribution is 2.23. The summed E-state index contributed by atoms with van der Waals surface area (Å²) in [4.78, 5) is 9.19. The van der Waals surface area contributed by atoms with Crippen molar-refractivity contribution in [3.05, 3.63) is 84.4 Å². The van der Waals surface area contributed by atoms with Gasteiger partial charge in [-0.3, -0.25) is 0 Å². The molecule has 0 aliphatic carbocycles. The molecule has 1 aromatic heterocycles. The fourth-order valence-corrected chi connectivity index (χ4v) is 2.29. The number of halogens is 1. The monoisotopic (exact) mass is 368 g/mol. The third-order valence-electron chi connectivity index (χ3n) is 3.38. The van der Waals surface area contributed by atoms with Crippen LogP contribution in [0, 0.1) is 0 Å². The highest BCUT2D eigenvalue weighted by atomic mass is 35.5. The molecule has 3 rings (SSSR count). The van der Waals surface area contributed by atoms with Crippen LogP contribution in [-0.2, 0) is 11.4 Å². The van der Waals surface area contributed by atoms with Crippen molar-refractivity contribution in [1.29, 1.82) is 0 Å². The predicted octanol–water partition coefficient (Wildman–Crippen LogP) is 4.33. The Kier molecular flexibility index (Phi) is 6.01. The largest absolute Gasteiger partial charge is 0.457 e. The zero-order chi connectivity index (χ0) is 18.2. The van der Waals surface area contributed by atoms with E-state index in [1.807, 2.05) is 36.4 Å². The Labute approximate surface area is 156 Å². The molecule has 7 heteroatoms. The van der Waals surface area contributed by atoms with Gasteiger partial charge in [0.1, 0.15) is 36.5 Å². The van der Waals surface area contributed by atoms with Crippen molar-refractivity contribution < 1.29 is 9.57 Å². The molecule has 0 radical (unpaired) electrons. The van der Waals surface area contributed by atoms with Crippen LogP contribution in [0.15, 0.2) is 79.0 Å².